The van der Waals surface area contributed by atoms with Crippen molar-refractivity contribution in [2.24, 2.45) is 0 Å². The molecule has 0 aliphatic heterocycles. The summed E-state index contributed by atoms with van der Waals surface area (Å²) in [4.78, 5) is 4.58. The molecule has 2 aromatic carbocycles. The Kier molecular flexibility index (Phi) is 7.20. The maximum absolute atomic E-state index is 13.8. The molecule has 2 heterocycles. The van der Waals surface area contributed by atoms with Gasteiger partial charge in [-0.3, -0.25) is 4.98 Å². The molecule has 4 aromatic rings. The number of benzene rings is 2. The third-order valence-electron chi connectivity index (χ3n) is 5.73. The predicted octanol–water partition coefficient (Wildman–Crippen LogP) is 5.60. The zero-order valence-electron chi connectivity index (χ0n) is 18.7. The largest absolute Gasteiger partial charge is 0.346 e. The number of sulfonamides is 1. The smallest absolute Gasteiger partial charge is 0.245 e. The average Bonchev–Trinajstić information content (AvgIpc) is 3.24. The van der Waals surface area contributed by atoms with Gasteiger partial charge in [-0.2, -0.15) is 4.31 Å². The maximum atomic E-state index is 13.8. The number of hydrogen-bond donors (Lipinski definition) is 0. The zero-order valence-corrected chi connectivity index (χ0v) is 19.5. The number of aromatic nitrogens is 2. The summed E-state index contributed by atoms with van der Waals surface area (Å²) < 4.78 is 44.8. The van der Waals surface area contributed by atoms with Gasteiger partial charge in [-0.15, -0.1) is 0 Å². The Morgan fingerprint density at radius 2 is 1.82 bits per heavy atom. The Hall–Kier alpha value is -3.03. The maximum Gasteiger partial charge on any atom is 0.245 e. The van der Waals surface area contributed by atoms with Crippen molar-refractivity contribution in [3.05, 3.63) is 96.2 Å². The molecule has 0 saturated carbocycles. The molecule has 0 aliphatic rings. The van der Waals surface area contributed by atoms with Crippen LogP contribution in [0.1, 0.15) is 37.4 Å². The van der Waals surface area contributed by atoms with Gasteiger partial charge in [0.2, 0.25) is 10.0 Å². The molecule has 33 heavy (non-hydrogen) atoms. The summed E-state index contributed by atoms with van der Waals surface area (Å²) in [5.74, 6) is -0.284. The molecule has 2 aromatic heterocycles. The molecule has 0 radical (unpaired) electrons. The van der Waals surface area contributed by atoms with Gasteiger partial charge in [0.1, 0.15) is 10.7 Å². The summed E-state index contributed by atoms with van der Waals surface area (Å²) in [5, 5.41) is 0.793. The monoisotopic (exact) mass is 465 g/mol. The summed E-state index contributed by atoms with van der Waals surface area (Å²) in [5.41, 5.74) is 2.16. The Morgan fingerprint density at radius 3 is 2.64 bits per heavy atom. The highest BCUT2D eigenvalue weighted by molar-refractivity contribution is 7.89. The van der Waals surface area contributed by atoms with Crippen molar-refractivity contribution < 1.29 is 12.8 Å². The normalized spacial score (nSPS) is 12.0. The third-order valence-corrected chi connectivity index (χ3v) is 7.61. The van der Waals surface area contributed by atoms with E-state index >= 15 is 0 Å². The number of rotatable bonds is 10. The van der Waals surface area contributed by atoms with Crippen molar-refractivity contribution in [2.45, 2.75) is 44.2 Å². The topological polar surface area (TPSA) is 55.2 Å². The molecule has 5 nitrogen and oxygen atoms in total. The molecule has 0 spiro atoms. The number of fused-ring (bicyclic) bond motifs is 1. The van der Waals surface area contributed by atoms with Gasteiger partial charge in [-0.05, 0) is 48.4 Å². The fraction of sp³-hybridized carbons (Fsp3) is 0.269. The second kappa shape index (κ2) is 10.3. The van der Waals surface area contributed by atoms with Crippen molar-refractivity contribution in [2.75, 3.05) is 6.54 Å². The minimum atomic E-state index is -3.78. The molecular weight excluding hydrogens is 437 g/mol. The Bertz CT molecular complexity index is 1330. The van der Waals surface area contributed by atoms with Gasteiger partial charge >= 0.3 is 0 Å². The highest BCUT2D eigenvalue weighted by Crippen LogP contribution is 2.26. The van der Waals surface area contributed by atoms with Crippen molar-refractivity contribution in [3.8, 4) is 0 Å². The van der Waals surface area contributed by atoms with Gasteiger partial charge < -0.3 is 4.57 Å². The lowest BCUT2D eigenvalue weighted by Crippen LogP contribution is -2.32. The number of unbranched alkanes of at least 4 members (excludes halogenated alkanes) is 2. The van der Waals surface area contributed by atoms with Crippen LogP contribution in [0.2, 0.25) is 0 Å². The van der Waals surface area contributed by atoms with Gasteiger partial charge in [0.15, 0.2) is 0 Å². The zero-order chi connectivity index (χ0) is 23.3. The molecule has 0 aliphatic carbocycles. The quantitative estimate of drug-likeness (QED) is 0.286. The van der Waals surface area contributed by atoms with E-state index in [9.17, 15) is 12.8 Å². The van der Waals surface area contributed by atoms with Crippen LogP contribution in [-0.4, -0.2) is 28.8 Å². The van der Waals surface area contributed by atoms with Crippen LogP contribution in [0, 0.1) is 5.82 Å². The van der Waals surface area contributed by atoms with Crippen LogP contribution in [0.3, 0.4) is 0 Å². The lowest BCUT2D eigenvalue weighted by molar-refractivity contribution is 0.385. The number of pyridine rings is 1. The van der Waals surface area contributed by atoms with E-state index < -0.39 is 10.0 Å². The number of nitrogens with zero attached hydrogens (tertiary/aromatic N) is 3. The van der Waals surface area contributed by atoms with Gasteiger partial charge in [0, 0.05) is 36.6 Å². The van der Waals surface area contributed by atoms with Crippen LogP contribution in [0.5, 0.6) is 0 Å². The van der Waals surface area contributed by atoms with Crippen LogP contribution in [0.4, 0.5) is 4.39 Å². The Balaban J connectivity index is 1.67. The lowest BCUT2D eigenvalue weighted by Gasteiger charge is -2.24. The number of para-hydroxylation sites is 1. The molecule has 0 bridgehead atoms. The van der Waals surface area contributed by atoms with E-state index in [1.807, 2.05) is 41.1 Å². The molecule has 4 rings (SSSR count). The van der Waals surface area contributed by atoms with Crippen molar-refractivity contribution in [1.82, 2.24) is 13.9 Å². The standard InChI is InChI=1S/C26H28FN3O2S/c1-2-3-4-17-30(33(31,32)25-14-6-10-22-11-7-15-28-26(22)25)20-24-13-8-16-29(24)19-21-9-5-12-23(27)18-21/h5-16,18H,2-4,17,19-20H2,1H3. The second-order valence-electron chi connectivity index (χ2n) is 8.13. The van der Waals surface area contributed by atoms with E-state index in [4.69, 9.17) is 0 Å². The third kappa shape index (κ3) is 5.31. The molecule has 7 heteroatoms. The van der Waals surface area contributed by atoms with Gasteiger partial charge in [0.05, 0.1) is 12.1 Å². The van der Waals surface area contributed by atoms with Gasteiger partial charge in [-0.25, -0.2) is 12.8 Å². The van der Waals surface area contributed by atoms with Crippen molar-refractivity contribution >= 4 is 20.9 Å². The van der Waals surface area contributed by atoms with Crippen molar-refractivity contribution in [1.29, 1.82) is 0 Å². The summed E-state index contributed by atoms with van der Waals surface area (Å²) in [6.07, 6.45) is 6.24. The van der Waals surface area contributed by atoms with Crippen LogP contribution < -0.4 is 0 Å². The molecular formula is C26H28FN3O2S. The minimum Gasteiger partial charge on any atom is -0.346 e. The van der Waals surface area contributed by atoms with Crippen LogP contribution >= 0.6 is 0 Å². The molecule has 0 N–H and O–H groups in total. The molecule has 0 saturated heterocycles. The highest BCUT2D eigenvalue weighted by atomic mass is 32.2. The first-order valence-electron chi connectivity index (χ1n) is 11.2. The molecule has 0 fully saturated rings. The average molecular weight is 466 g/mol. The summed E-state index contributed by atoms with van der Waals surface area (Å²) in [6.45, 7) is 3.22. The first-order valence-corrected chi connectivity index (χ1v) is 12.7. The highest BCUT2D eigenvalue weighted by Gasteiger charge is 2.27. The van der Waals surface area contributed by atoms with E-state index in [0.29, 0.717) is 18.6 Å². The van der Waals surface area contributed by atoms with Crippen LogP contribution in [0.25, 0.3) is 10.9 Å². The fourth-order valence-corrected chi connectivity index (χ4v) is 5.62. The minimum absolute atomic E-state index is 0.223. The van der Waals surface area contributed by atoms with Gasteiger partial charge in [0.25, 0.3) is 0 Å². The van der Waals surface area contributed by atoms with Gasteiger partial charge in [-0.1, -0.05) is 50.1 Å². The van der Waals surface area contributed by atoms with Crippen LogP contribution in [0.15, 0.2) is 84.0 Å². The fourth-order valence-electron chi connectivity index (χ4n) is 4.01. The number of halogens is 1. The van der Waals surface area contributed by atoms with Crippen LogP contribution in [-0.2, 0) is 23.1 Å². The first-order chi connectivity index (χ1) is 16.0. The van der Waals surface area contributed by atoms with Crippen molar-refractivity contribution in [3.63, 3.8) is 0 Å². The Morgan fingerprint density at radius 1 is 1.00 bits per heavy atom. The SMILES string of the molecule is CCCCCN(Cc1cccn1Cc1cccc(F)c1)S(=O)(=O)c1cccc2cccnc12. The second-order valence-corrected chi connectivity index (χ2v) is 10.0. The lowest BCUT2D eigenvalue weighted by atomic mass is 10.2. The first kappa shape index (κ1) is 23.1. The summed E-state index contributed by atoms with van der Waals surface area (Å²) in [7, 11) is -3.78. The predicted molar refractivity (Wildman–Crippen MR) is 129 cm³/mol. The van der Waals surface area contributed by atoms with E-state index in [1.165, 1.54) is 12.1 Å². The molecule has 0 amide bonds. The molecule has 0 unspecified atom stereocenters. The summed E-state index contributed by atoms with van der Waals surface area (Å²) >= 11 is 0. The molecule has 0 atom stereocenters. The molecule has 172 valence electrons. The van der Waals surface area contributed by atoms with E-state index in [0.717, 1.165) is 35.9 Å². The van der Waals surface area contributed by atoms with E-state index in [1.54, 1.807) is 34.8 Å². The Labute approximate surface area is 194 Å². The summed E-state index contributed by atoms with van der Waals surface area (Å²) in [6, 6.07) is 19.2. The number of hydrogen-bond acceptors (Lipinski definition) is 3. The van der Waals surface area contributed by atoms with E-state index in [-0.39, 0.29) is 17.3 Å². The van der Waals surface area contributed by atoms with E-state index in [2.05, 4.69) is 11.9 Å².